The molecule has 1 aliphatic rings. The van der Waals surface area contributed by atoms with Crippen LogP contribution in [0, 0.1) is 0 Å². The molecule has 1 saturated carbocycles. The molecule has 0 aliphatic heterocycles. The van der Waals surface area contributed by atoms with E-state index >= 15 is 0 Å². The van der Waals surface area contributed by atoms with Crippen molar-refractivity contribution in [3.63, 3.8) is 0 Å². The molecule has 2 rings (SSSR count). The van der Waals surface area contributed by atoms with Gasteiger partial charge in [0.1, 0.15) is 5.69 Å². The quantitative estimate of drug-likeness (QED) is 0.891. The monoisotopic (exact) mass is 249 g/mol. The summed E-state index contributed by atoms with van der Waals surface area (Å²) in [4.78, 5) is 12.2. The van der Waals surface area contributed by atoms with Gasteiger partial charge in [0.15, 0.2) is 0 Å². The number of nitrogens with one attached hydrogen (secondary N) is 1. The van der Waals surface area contributed by atoms with Gasteiger partial charge in [0.25, 0.3) is 5.91 Å². The van der Waals surface area contributed by atoms with E-state index in [1.807, 2.05) is 10.9 Å². The smallest absolute Gasteiger partial charge is 0.272 e. The predicted molar refractivity (Wildman–Crippen MR) is 71.6 cm³/mol. The zero-order chi connectivity index (χ0) is 13.2. The lowest BCUT2D eigenvalue weighted by Gasteiger charge is -2.28. The average Bonchev–Trinajstić information content (AvgIpc) is 2.98. The third-order valence-corrected chi connectivity index (χ3v) is 3.99. The van der Waals surface area contributed by atoms with Crippen LogP contribution in [0.1, 0.15) is 69.4 Å². The minimum atomic E-state index is -0.0295. The molecule has 1 fully saturated rings. The Hall–Kier alpha value is -1.32. The fraction of sp³-hybridized carbons (Fsp3) is 0.714. The highest BCUT2D eigenvalue weighted by molar-refractivity contribution is 5.92. The van der Waals surface area contributed by atoms with Gasteiger partial charge in [-0.15, -0.1) is 0 Å². The van der Waals surface area contributed by atoms with Gasteiger partial charge in [0, 0.05) is 17.8 Å². The van der Waals surface area contributed by atoms with Crippen LogP contribution in [-0.4, -0.2) is 21.2 Å². The largest absolute Gasteiger partial charge is 0.345 e. The SMILES string of the molecule is CCC1(NC(=O)c2ccn(C(C)C)n2)CCCC1. The maximum absolute atomic E-state index is 12.2. The lowest BCUT2D eigenvalue weighted by Crippen LogP contribution is -2.45. The number of nitrogens with zero attached hydrogens (tertiary/aromatic N) is 2. The maximum atomic E-state index is 12.2. The molecule has 0 unspecified atom stereocenters. The van der Waals surface area contributed by atoms with E-state index in [0.717, 1.165) is 19.3 Å². The van der Waals surface area contributed by atoms with E-state index in [1.165, 1.54) is 12.8 Å². The molecule has 0 saturated heterocycles. The Morgan fingerprint density at radius 1 is 1.50 bits per heavy atom. The van der Waals surface area contributed by atoms with Gasteiger partial charge in [-0.1, -0.05) is 19.8 Å². The summed E-state index contributed by atoms with van der Waals surface area (Å²) in [6.07, 6.45) is 7.50. The van der Waals surface area contributed by atoms with Gasteiger partial charge in [-0.25, -0.2) is 0 Å². The predicted octanol–water partition coefficient (Wildman–Crippen LogP) is 2.92. The van der Waals surface area contributed by atoms with E-state index in [1.54, 1.807) is 6.07 Å². The second-order valence-corrected chi connectivity index (χ2v) is 5.57. The van der Waals surface area contributed by atoms with Crippen molar-refractivity contribution in [2.24, 2.45) is 0 Å². The molecule has 0 aromatic carbocycles. The standard InChI is InChI=1S/C14H23N3O/c1-4-14(8-5-6-9-14)15-13(18)12-7-10-17(16-12)11(2)3/h7,10-11H,4-6,8-9H2,1-3H3,(H,15,18). The van der Waals surface area contributed by atoms with Gasteiger partial charge in [0.2, 0.25) is 0 Å². The van der Waals surface area contributed by atoms with Crippen LogP contribution < -0.4 is 5.32 Å². The Balaban J connectivity index is 2.06. The zero-order valence-electron chi connectivity index (χ0n) is 11.6. The van der Waals surface area contributed by atoms with Crippen LogP contribution in [-0.2, 0) is 0 Å². The Bertz CT molecular complexity index is 416. The first-order valence-corrected chi connectivity index (χ1v) is 6.94. The van der Waals surface area contributed by atoms with Gasteiger partial charge in [0.05, 0.1) is 0 Å². The summed E-state index contributed by atoms with van der Waals surface area (Å²) in [6, 6.07) is 2.09. The average molecular weight is 249 g/mol. The summed E-state index contributed by atoms with van der Waals surface area (Å²) < 4.78 is 1.82. The van der Waals surface area contributed by atoms with Crippen LogP contribution in [0.25, 0.3) is 0 Å². The molecule has 0 spiro atoms. The molecule has 0 radical (unpaired) electrons. The van der Waals surface area contributed by atoms with Crippen molar-refractivity contribution in [2.75, 3.05) is 0 Å². The van der Waals surface area contributed by atoms with Crippen molar-refractivity contribution >= 4 is 5.91 Å². The van der Waals surface area contributed by atoms with Gasteiger partial charge >= 0.3 is 0 Å². The van der Waals surface area contributed by atoms with Gasteiger partial charge < -0.3 is 5.32 Å². The number of carbonyl (C=O) groups excluding carboxylic acids is 1. The van der Waals surface area contributed by atoms with Crippen molar-refractivity contribution in [1.82, 2.24) is 15.1 Å². The summed E-state index contributed by atoms with van der Waals surface area (Å²) in [7, 11) is 0. The molecule has 1 aliphatic carbocycles. The molecule has 18 heavy (non-hydrogen) atoms. The summed E-state index contributed by atoms with van der Waals surface area (Å²) in [5, 5.41) is 7.52. The van der Waals surface area contributed by atoms with Crippen molar-refractivity contribution in [1.29, 1.82) is 0 Å². The topological polar surface area (TPSA) is 46.9 Å². The van der Waals surface area contributed by atoms with Gasteiger partial charge in [-0.3, -0.25) is 9.48 Å². The van der Waals surface area contributed by atoms with Crippen molar-refractivity contribution in [2.45, 2.75) is 64.5 Å². The molecule has 1 aromatic rings. The highest BCUT2D eigenvalue weighted by atomic mass is 16.2. The van der Waals surface area contributed by atoms with Crippen LogP contribution in [0.4, 0.5) is 0 Å². The lowest BCUT2D eigenvalue weighted by molar-refractivity contribution is 0.0891. The first-order valence-electron chi connectivity index (χ1n) is 6.94. The summed E-state index contributed by atoms with van der Waals surface area (Å²) >= 11 is 0. The number of rotatable bonds is 4. The van der Waals surface area contributed by atoms with Crippen molar-refractivity contribution in [3.8, 4) is 0 Å². The second kappa shape index (κ2) is 5.12. The maximum Gasteiger partial charge on any atom is 0.272 e. The molecule has 1 aromatic heterocycles. The Kier molecular flexibility index (Phi) is 3.73. The zero-order valence-corrected chi connectivity index (χ0v) is 11.6. The van der Waals surface area contributed by atoms with Crippen LogP contribution in [0.15, 0.2) is 12.3 Å². The Morgan fingerprint density at radius 3 is 2.67 bits per heavy atom. The molecular formula is C14H23N3O. The van der Waals surface area contributed by atoms with E-state index in [2.05, 4.69) is 31.2 Å². The van der Waals surface area contributed by atoms with E-state index in [9.17, 15) is 4.79 Å². The highest BCUT2D eigenvalue weighted by Crippen LogP contribution is 2.32. The molecule has 4 nitrogen and oxygen atoms in total. The fourth-order valence-electron chi connectivity index (χ4n) is 2.67. The highest BCUT2D eigenvalue weighted by Gasteiger charge is 2.34. The number of aromatic nitrogens is 2. The van der Waals surface area contributed by atoms with E-state index in [-0.39, 0.29) is 17.5 Å². The molecule has 0 atom stereocenters. The van der Waals surface area contributed by atoms with Crippen LogP contribution in [0.2, 0.25) is 0 Å². The van der Waals surface area contributed by atoms with Crippen molar-refractivity contribution < 1.29 is 4.79 Å². The minimum Gasteiger partial charge on any atom is -0.345 e. The summed E-state index contributed by atoms with van der Waals surface area (Å²) in [6.45, 7) is 6.26. The second-order valence-electron chi connectivity index (χ2n) is 5.57. The summed E-state index contributed by atoms with van der Waals surface area (Å²) in [5.74, 6) is -0.0295. The van der Waals surface area contributed by atoms with Crippen LogP contribution in [0.3, 0.4) is 0 Å². The molecule has 1 heterocycles. The fourth-order valence-corrected chi connectivity index (χ4v) is 2.67. The third kappa shape index (κ3) is 2.57. The van der Waals surface area contributed by atoms with Crippen molar-refractivity contribution in [3.05, 3.63) is 18.0 Å². The third-order valence-electron chi connectivity index (χ3n) is 3.99. The molecule has 4 heteroatoms. The van der Waals surface area contributed by atoms with E-state index in [4.69, 9.17) is 0 Å². The number of carbonyl (C=O) groups is 1. The Labute approximate surface area is 109 Å². The van der Waals surface area contributed by atoms with Crippen LogP contribution >= 0.6 is 0 Å². The summed E-state index contributed by atoms with van der Waals surface area (Å²) in [5.41, 5.74) is 0.544. The first-order chi connectivity index (χ1) is 8.56. The lowest BCUT2D eigenvalue weighted by atomic mass is 9.94. The van der Waals surface area contributed by atoms with Crippen LogP contribution in [0.5, 0.6) is 0 Å². The number of hydrogen-bond donors (Lipinski definition) is 1. The van der Waals surface area contributed by atoms with E-state index < -0.39 is 0 Å². The molecule has 100 valence electrons. The van der Waals surface area contributed by atoms with Gasteiger partial charge in [-0.05, 0) is 39.2 Å². The molecule has 1 amide bonds. The first kappa shape index (κ1) is 13.1. The molecule has 1 N–H and O–H groups in total. The number of amides is 1. The minimum absolute atomic E-state index is 0.0126. The van der Waals surface area contributed by atoms with E-state index in [0.29, 0.717) is 5.69 Å². The Morgan fingerprint density at radius 2 is 2.17 bits per heavy atom. The molecular weight excluding hydrogens is 226 g/mol. The normalized spacial score (nSPS) is 18.2. The van der Waals surface area contributed by atoms with Gasteiger partial charge in [-0.2, -0.15) is 5.10 Å². The molecule has 0 bridgehead atoms. The number of hydrogen-bond acceptors (Lipinski definition) is 2.